The van der Waals surface area contributed by atoms with E-state index in [1.165, 1.54) is 0 Å². The zero-order chi connectivity index (χ0) is 12.3. The van der Waals surface area contributed by atoms with Gasteiger partial charge in [0.15, 0.2) is 0 Å². The first-order chi connectivity index (χ1) is 8.16. The van der Waals surface area contributed by atoms with Gasteiger partial charge in [0.2, 0.25) is 0 Å². The van der Waals surface area contributed by atoms with Crippen molar-refractivity contribution >= 4 is 0 Å². The maximum absolute atomic E-state index is 6.09. The SMILES string of the molecule is CC1CN(C2(CN)CCOC(C)C2)CCCO1. The van der Waals surface area contributed by atoms with Gasteiger partial charge >= 0.3 is 0 Å². The molecule has 0 amide bonds. The molecule has 2 fully saturated rings. The summed E-state index contributed by atoms with van der Waals surface area (Å²) in [5.41, 5.74) is 6.23. The number of hydrogen-bond acceptors (Lipinski definition) is 4. The normalized spacial score (nSPS) is 41.1. The molecule has 17 heavy (non-hydrogen) atoms. The highest BCUT2D eigenvalue weighted by Crippen LogP contribution is 2.31. The molecule has 2 heterocycles. The van der Waals surface area contributed by atoms with E-state index >= 15 is 0 Å². The van der Waals surface area contributed by atoms with Crippen LogP contribution < -0.4 is 5.73 Å². The Morgan fingerprint density at radius 1 is 1.24 bits per heavy atom. The van der Waals surface area contributed by atoms with Gasteiger partial charge in [-0.3, -0.25) is 4.90 Å². The number of ether oxygens (including phenoxy) is 2. The van der Waals surface area contributed by atoms with Gasteiger partial charge in [0.25, 0.3) is 0 Å². The molecule has 0 aromatic carbocycles. The van der Waals surface area contributed by atoms with Gasteiger partial charge in [0, 0.05) is 38.4 Å². The van der Waals surface area contributed by atoms with Gasteiger partial charge in [0.1, 0.15) is 0 Å². The molecule has 2 rings (SSSR count). The van der Waals surface area contributed by atoms with Crippen molar-refractivity contribution in [3.05, 3.63) is 0 Å². The molecule has 3 unspecified atom stereocenters. The Morgan fingerprint density at radius 2 is 2.00 bits per heavy atom. The van der Waals surface area contributed by atoms with E-state index in [1.54, 1.807) is 0 Å². The van der Waals surface area contributed by atoms with Gasteiger partial charge in [0.05, 0.1) is 12.2 Å². The van der Waals surface area contributed by atoms with E-state index in [9.17, 15) is 0 Å². The van der Waals surface area contributed by atoms with Crippen LogP contribution >= 0.6 is 0 Å². The summed E-state index contributed by atoms with van der Waals surface area (Å²) in [7, 11) is 0. The average molecular weight is 242 g/mol. The third-order valence-electron chi connectivity index (χ3n) is 4.14. The minimum Gasteiger partial charge on any atom is -0.378 e. The van der Waals surface area contributed by atoms with Crippen LogP contribution in [0.2, 0.25) is 0 Å². The van der Waals surface area contributed by atoms with Gasteiger partial charge in [-0.05, 0) is 33.1 Å². The van der Waals surface area contributed by atoms with Crippen molar-refractivity contribution in [1.82, 2.24) is 4.90 Å². The summed E-state index contributed by atoms with van der Waals surface area (Å²) in [5.74, 6) is 0. The Morgan fingerprint density at radius 3 is 2.71 bits per heavy atom. The molecule has 0 spiro atoms. The number of rotatable bonds is 2. The van der Waals surface area contributed by atoms with Crippen LogP contribution in [0.5, 0.6) is 0 Å². The van der Waals surface area contributed by atoms with Gasteiger partial charge in [-0.1, -0.05) is 0 Å². The molecule has 0 aliphatic carbocycles. The van der Waals surface area contributed by atoms with Crippen LogP contribution in [0, 0.1) is 0 Å². The summed E-state index contributed by atoms with van der Waals surface area (Å²) >= 11 is 0. The first-order valence-electron chi connectivity index (χ1n) is 6.84. The fraction of sp³-hybridized carbons (Fsp3) is 1.00. The van der Waals surface area contributed by atoms with Crippen LogP contribution in [0.25, 0.3) is 0 Å². The lowest BCUT2D eigenvalue weighted by Gasteiger charge is -2.47. The minimum atomic E-state index is 0.139. The quantitative estimate of drug-likeness (QED) is 0.784. The molecular formula is C13H26N2O2. The minimum absolute atomic E-state index is 0.139. The molecule has 0 aromatic heterocycles. The molecule has 3 atom stereocenters. The van der Waals surface area contributed by atoms with Crippen LogP contribution in [-0.2, 0) is 9.47 Å². The van der Waals surface area contributed by atoms with E-state index in [0.29, 0.717) is 12.2 Å². The molecule has 4 nitrogen and oxygen atoms in total. The summed E-state index contributed by atoms with van der Waals surface area (Å²) in [5, 5.41) is 0. The van der Waals surface area contributed by atoms with E-state index in [0.717, 1.165) is 52.1 Å². The van der Waals surface area contributed by atoms with E-state index in [2.05, 4.69) is 18.7 Å². The Bertz CT molecular complexity index is 250. The van der Waals surface area contributed by atoms with Crippen LogP contribution in [0.15, 0.2) is 0 Å². The van der Waals surface area contributed by atoms with Crippen LogP contribution in [0.1, 0.15) is 33.1 Å². The lowest BCUT2D eigenvalue weighted by molar-refractivity contribution is -0.0685. The zero-order valence-electron chi connectivity index (χ0n) is 11.2. The molecule has 2 saturated heterocycles. The van der Waals surface area contributed by atoms with Crippen molar-refractivity contribution in [2.24, 2.45) is 5.73 Å². The van der Waals surface area contributed by atoms with Gasteiger partial charge in [-0.2, -0.15) is 0 Å². The summed E-state index contributed by atoms with van der Waals surface area (Å²) in [6, 6.07) is 0. The maximum atomic E-state index is 6.09. The van der Waals surface area contributed by atoms with E-state index < -0.39 is 0 Å². The first kappa shape index (κ1) is 13.3. The third kappa shape index (κ3) is 2.99. The van der Waals surface area contributed by atoms with Gasteiger partial charge < -0.3 is 15.2 Å². The first-order valence-corrected chi connectivity index (χ1v) is 6.84. The zero-order valence-corrected chi connectivity index (χ0v) is 11.2. The van der Waals surface area contributed by atoms with Crippen LogP contribution in [0.3, 0.4) is 0 Å². The molecule has 0 aromatic rings. The Hall–Kier alpha value is -0.160. The molecule has 100 valence electrons. The van der Waals surface area contributed by atoms with Crippen molar-refractivity contribution in [1.29, 1.82) is 0 Å². The van der Waals surface area contributed by atoms with E-state index in [-0.39, 0.29) is 5.54 Å². The van der Waals surface area contributed by atoms with Gasteiger partial charge in [-0.15, -0.1) is 0 Å². The summed E-state index contributed by atoms with van der Waals surface area (Å²) in [4.78, 5) is 2.56. The molecule has 4 heteroatoms. The Kier molecular flexibility index (Phi) is 4.42. The molecule has 0 bridgehead atoms. The standard InChI is InChI=1S/C13H26N2O2/c1-11-8-13(10-14,4-7-17-11)15-5-3-6-16-12(2)9-15/h11-12H,3-10,14H2,1-2H3. The molecule has 2 aliphatic heterocycles. The van der Waals surface area contributed by atoms with E-state index in [1.807, 2.05) is 0 Å². The number of nitrogens with two attached hydrogens (primary N) is 1. The molecule has 0 radical (unpaired) electrons. The highest BCUT2D eigenvalue weighted by atomic mass is 16.5. The summed E-state index contributed by atoms with van der Waals surface area (Å²) in [6.07, 6.45) is 3.86. The van der Waals surface area contributed by atoms with Crippen molar-refractivity contribution < 1.29 is 9.47 Å². The monoisotopic (exact) mass is 242 g/mol. The van der Waals surface area contributed by atoms with E-state index in [4.69, 9.17) is 15.2 Å². The summed E-state index contributed by atoms with van der Waals surface area (Å²) in [6.45, 7) is 8.87. The fourth-order valence-corrected chi connectivity index (χ4v) is 3.17. The molecule has 0 saturated carbocycles. The molecule has 2 N–H and O–H groups in total. The lowest BCUT2D eigenvalue weighted by Crippen LogP contribution is -2.59. The second kappa shape index (κ2) is 5.65. The van der Waals surface area contributed by atoms with Crippen LogP contribution in [-0.4, -0.2) is 55.5 Å². The predicted octanol–water partition coefficient (Wildman–Crippen LogP) is 0.994. The topological polar surface area (TPSA) is 47.7 Å². The van der Waals surface area contributed by atoms with Crippen molar-refractivity contribution in [2.75, 3.05) is 32.8 Å². The average Bonchev–Trinajstić information content (AvgIpc) is 2.54. The molecular weight excluding hydrogens is 216 g/mol. The lowest BCUT2D eigenvalue weighted by atomic mass is 9.84. The Balaban J connectivity index is 2.09. The summed E-state index contributed by atoms with van der Waals surface area (Å²) < 4.78 is 11.4. The van der Waals surface area contributed by atoms with Crippen molar-refractivity contribution in [2.45, 2.75) is 50.9 Å². The highest BCUT2D eigenvalue weighted by molar-refractivity contribution is 4.96. The second-order valence-corrected chi connectivity index (χ2v) is 5.54. The highest BCUT2D eigenvalue weighted by Gasteiger charge is 2.40. The number of hydrogen-bond donors (Lipinski definition) is 1. The molecule has 2 aliphatic rings. The maximum Gasteiger partial charge on any atom is 0.0674 e. The van der Waals surface area contributed by atoms with Crippen LogP contribution in [0.4, 0.5) is 0 Å². The largest absolute Gasteiger partial charge is 0.378 e. The van der Waals surface area contributed by atoms with Crippen molar-refractivity contribution in [3.63, 3.8) is 0 Å². The number of nitrogens with zero attached hydrogens (tertiary/aromatic N) is 1. The predicted molar refractivity (Wildman–Crippen MR) is 68.0 cm³/mol. The smallest absolute Gasteiger partial charge is 0.0674 e. The van der Waals surface area contributed by atoms with Crippen molar-refractivity contribution in [3.8, 4) is 0 Å². The fourth-order valence-electron chi connectivity index (χ4n) is 3.17. The van der Waals surface area contributed by atoms with Gasteiger partial charge in [-0.25, -0.2) is 0 Å². The second-order valence-electron chi connectivity index (χ2n) is 5.54. The third-order valence-corrected chi connectivity index (χ3v) is 4.14. The Labute approximate surface area is 104 Å².